The van der Waals surface area contributed by atoms with E-state index in [2.05, 4.69) is 12.2 Å². The molecule has 0 amide bonds. The maximum Gasteiger partial charge on any atom is 0.203 e. The predicted molar refractivity (Wildman–Crippen MR) is 81.8 cm³/mol. The Morgan fingerprint density at radius 1 is 1.10 bits per heavy atom. The summed E-state index contributed by atoms with van der Waals surface area (Å²) in [4.78, 5) is 0. The van der Waals surface area contributed by atoms with Crippen molar-refractivity contribution in [3.05, 3.63) is 12.1 Å². The SMILES string of the molecule is CCC(CNC1CC1)Oc1cc(OC)c(OC)c(OC)c1. The van der Waals surface area contributed by atoms with E-state index in [1.54, 1.807) is 21.3 Å². The number of methoxy groups -OCH3 is 3. The second-order valence-corrected chi connectivity index (χ2v) is 5.19. The highest BCUT2D eigenvalue weighted by molar-refractivity contribution is 5.55. The summed E-state index contributed by atoms with van der Waals surface area (Å²) >= 11 is 0. The average molecular weight is 295 g/mol. The van der Waals surface area contributed by atoms with E-state index in [-0.39, 0.29) is 6.10 Å². The van der Waals surface area contributed by atoms with Crippen LogP contribution in [0.3, 0.4) is 0 Å². The number of hydrogen-bond acceptors (Lipinski definition) is 5. The van der Waals surface area contributed by atoms with Crippen molar-refractivity contribution in [2.75, 3.05) is 27.9 Å². The smallest absolute Gasteiger partial charge is 0.203 e. The Labute approximate surface area is 126 Å². The summed E-state index contributed by atoms with van der Waals surface area (Å²) in [6.45, 7) is 2.98. The van der Waals surface area contributed by atoms with Gasteiger partial charge < -0.3 is 24.3 Å². The van der Waals surface area contributed by atoms with Crippen molar-refractivity contribution in [1.29, 1.82) is 0 Å². The van der Waals surface area contributed by atoms with Crippen molar-refractivity contribution in [1.82, 2.24) is 5.32 Å². The van der Waals surface area contributed by atoms with Gasteiger partial charge in [-0.05, 0) is 19.3 Å². The quantitative estimate of drug-likeness (QED) is 0.759. The predicted octanol–water partition coefficient (Wildman–Crippen LogP) is 2.62. The molecule has 0 aromatic heterocycles. The largest absolute Gasteiger partial charge is 0.493 e. The number of nitrogens with one attached hydrogen (secondary N) is 1. The minimum Gasteiger partial charge on any atom is -0.493 e. The van der Waals surface area contributed by atoms with Gasteiger partial charge >= 0.3 is 0 Å². The van der Waals surface area contributed by atoms with Crippen molar-refractivity contribution < 1.29 is 18.9 Å². The van der Waals surface area contributed by atoms with E-state index in [9.17, 15) is 0 Å². The zero-order valence-electron chi connectivity index (χ0n) is 13.3. The van der Waals surface area contributed by atoms with Gasteiger partial charge in [0.05, 0.1) is 21.3 Å². The third-order valence-electron chi connectivity index (χ3n) is 3.61. The molecule has 0 saturated heterocycles. The highest BCUT2D eigenvalue weighted by atomic mass is 16.5. The molecule has 0 bridgehead atoms. The van der Waals surface area contributed by atoms with Crippen LogP contribution in [0.4, 0.5) is 0 Å². The average Bonchev–Trinajstić information content (AvgIpc) is 3.34. The Bertz CT molecular complexity index is 435. The maximum absolute atomic E-state index is 6.05. The summed E-state index contributed by atoms with van der Waals surface area (Å²) in [6.07, 6.45) is 3.63. The molecular weight excluding hydrogens is 270 g/mol. The van der Waals surface area contributed by atoms with Crippen molar-refractivity contribution in [2.45, 2.75) is 38.3 Å². The van der Waals surface area contributed by atoms with Gasteiger partial charge in [0.1, 0.15) is 11.9 Å². The molecule has 118 valence electrons. The highest BCUT2D eigenvalue weighted by Gasteiger charge is 2.22. The molecule has 1 aromatic carbocycles. The summed E-state index contributed by atoms with van der Waals surface area (Å²) in [5.41, 5.74) is 0. The number of hydrogen-bond donors (Lipinski definition) is 1. The normalized spacial score (nSPS) is 15.4. The first-order chi connectivity index (χ1) is 10.2. The summed E-state index contributed by atoms with van der Waals surface area (Å²) in [5, 5.41) is 3.50. The molecule has 1 atom stereocenters. The van der Waals surface area contributed by atoms with Crippen molar-refractivity contribution >= 4 is 0 Å². The van der Waals surface area contributed by atoms with E-state index in [4.69, 9.17) is 18.9 Å². The minimum absolute atomic E-state index is 0.133. The Morgan fingerprint density at radius 2 is 1.71 bits per heavy atom. The van der Waals surface area contributed by atoms with E-state index < -0.39 is 0 Å². The summed E-state index contributed by atoms with van der Waals surface area (Å²) in [7, 11) is 4.80. The van der Waals surface area contributed by atoms with Crippen LogP contribution in [0.15, 0.2) is 12.1 Å². The lowest BCUT2D eigenvalue weighted by Crippen LogP contribution is -2.32. The Hall–Kier alpha value is -1.62. The van der Waals surface area contributed by atoms with Crippen molar-refractivity contribution in [2.24, 2.45) is 0 Å². The number of rotatable bonds is 9. The van der Waals surface area contributed by atoms with Gasteiger partial charge in [0, 0.05) is 24.7 Å². The molecular formula is C16H25NO4. The maximum atomic E-state index is 6.05. The van der Waals surface area contributed by atoms with Crippen molar-refractivity contribution in [3.63, 3.8) is 0 Å². The molecule has 1 aliphatic rings. The number of ether oxygens (including phenoxy) is 4. The molecule has 0 aliphatic heterocycles. The van der Waals surface area contributed by atoms with E-state index in [1.807, 2.05) is 12.1 Å². The molecule has 1 aliphatic carbocycles. The van der Waals surface area contributed by atoms with Crippen LogP contribution in [0.1, 0.15) is 26.2 Å². The molecule has 0 spiro atoms. The lowest BCUT2D eigenvalue weighted by atomic mass is 10.2. The zero-order valence-corrected chi connectivity index (χ0v) is 13.3. The first-order valence-corrected chi connectivity index (χ1v) is 7.41. The molecule has 1 aromatic rings. The zero-order chi connectivity index (χ0) is 15.2. The first-order valence-electron chi connectivity index (χ1n) is 7.41. The van der Waals surface area contributed by atoms with Crippen LogP contribution in [-0.4, -0.2) is 40.0 Å². The highest BCUT2D eigenvalue weighted by Crippen LogP contribution is 2.41. The van der Waals surface area contributed by atoms with E-state index in [0.717, 1.165) is 18.7 Å². The molecule has 21 heavy (non-hydrogen) atoms. The van der Waals surface area contributed by atoms with Gasteiger partial charge in [0.2, 0.25) is 5.75 Å². The Morgan fingerprint density at radius 3 is 2.14 bits per heavy atom. The monoisotopic (exact) mass is 295 g/mol. The van der Waals surface area contributed by atoms with Crippen LogP contribution < -0.4 is 24.3 Å². The van der Waals surface area contributed by atoms with Gasteiger partial charge in [-0.3, -0.25) is 0 Å². The second-order valence-electron chi connectivity index (χ2n) is 5.19. The number of benzene rings is 1. The Kier molecular flexibility index (Phi) is 5.56. The second kappa shape index (κ2) is 7.41. The van der Waals surface area contributed by atoms with Gasteiger partial charge in [0.25, 0.3) is 0 Å². The fraction of sp³-hybridized carbons (Fsp3) is 0.625. The lowest BCUT2D eigenvalue weighted by molar-refractivity contribution is 0.190. The minimum atomic E-state index is 0.133. The summed E-state index contributed by atoms with van der Waals surface area (Å²) in [5.74, 6) is 2.53. The fourth-order valence-corrected chi connectivity index (χ4v) is 2.17. The van der Waals surface area contributed by atoms with Gasteiger partial charge in [-0.15, -0.1) is 0 Å². The van der Waals surface area contributed by atoms with Crippen LogP contribution in [0.2, 0.25) is 0 Å². The molecule has 1 saturated carbocycles. The molecule has 0 radical (unpaired) electrons. The van der Waals surface area contributed by atoms with Gasteiger partial charge in [-0.2, -0.15) is 0 Å². The van der Waals surface area contributed by atoms with Crippen LogP contribution in [0.5, 0.6) is 23.0 Å². The van der Waals surface area contributed by atoms with Crippen molar-refractivity contribution in [3.8, 4) is 23.0 Å². The van der Waals surface area contributed by atoms with Crippen LogP contribution in [0.25, 0.3) is 0 Å². The third-order valence-corrected chi connectivity index (χ3v) is 3.61. The van der Waals surface area contributed by atoms with Gasteiger partial charge in [-0.25, -0.2) is 0 Å². The standard InChI is InChI=1S/C16H25NO4/c1-5-12(10-17-11-6-7-11)21-13-8-14(18-2)16(20-4)15(9-13)19-3/h8-9,11-12,17H,5-7,10H2,1-4H3. The third kappa shape index (κ3) is 4.17. The molecule has 1 fully saturated rings. The topological polar surface area (TPSA) is 49.0 Å². The lowest BCUT2D eigenvalue weighted by Gasteiger charge is -2.20. The van der Waals surface area contributed by atoms with E-state index in [0.29, 0.717) is 23.3 Å². The fourth-order valence-electron chi connectivity index (χ4n) is 2.17. The van der Waals surface area contributed by atoms with E-state index >= 15 is 0 Å². The summed E-state index contributed by atoms with van der Waals surface area (Å²) in [6, 6.07) is 4.35. The van der Waals surface area contributed by atoms with Gasteiger partial charge in [0.15, 0.2) is 11.5 Å². The molecule has 2 rings (SSSR count). The van der Waals surface area contributed by atoms with E-state index in [1.165, 1.54) is 12.8 Å². The molecule has 5 heteroatoms. The molecule has 5 nitrogen and oxygen atoms in total. The molecule has 1 unspecified atom stereocenters. The van der Waals surface area contributed by atoms with Gasteiger partial charge in [-0.1, -0.05) is 6.92 Å². The van der Waals surface area contributed by atoms with Crippen LogP contribution in [0, 0.1) is 0 Å². The first kappa shape index (κ1) is 15.8. The molecule has 0 heterocycles. The summed E-state index contributed by atoms with van der Waals surface area (Å²) < 4.78 is 22.0. The van der Waals surface area contributed by atoms with Crippen LogP contribution in [-0.2, 0) is 0 Å². The van der Waals surface area contributed by atoms with Crippen LogP contribution >= 0.6 is 0 Å². The Balaban J connectivity index is 2.09. The molecule has 1 N–H and O–H groups in total.